The fourth-order valence-electron chi connectivity index (χ4n) is 1.48. The van der Waals surface area contributed by atoms with Gasteiger partial charge in [-0.15, -0.1) is 0 Å². The molecule has 4 nitrogen and oxygen atoms in total. The molecule has 17 heavy (non-hydrogen) atoms. The Balaban J connectivity index is 2.85. The van der Waals surface area contributed by atoms with E-state index in [1.54, 1.807) is 0 Å². The molecular formula is C13H28O4. The fourth-order valence-corrected chi connectivity index (χ4v) is 1.48. The van der Waals surface area contributed by atoms with Gasteiger partial charge in [0.25, 0.3) is 0 Å². The smallest absolute Gasteiger partial charge is 0.0487 e. The van der Waals surface area contributed by atoms with Crippen molar-refractivity contribution in [2.24, 2.45) is 0 Å². The topological polar surface area (TPSA) is 58.9 Å². The van der Waals surface area contributed by atoms with E-state index in [0.717, 1.165) is 38.9 Å². The van der Waals surface area contributed by atoms with Crippen LogP contribution >= 0.6 is 0 Å². The van der Waals surface area contributed by atoms with E-state index in [9.17, 15) is 0 Å². The summed E-state index contributed by atoms with van der Waals surface area (Å²) in [4.78, 5) is 0. The number of aliphatic hydroxyl groups is 2. The third kappa shape index (κ3) is 15.8. The molecule has 2 N–H and O–H groups in total. The van der Waals surface area contributed by atoms with E-state index in [0.29, 0.717) is 13.2 Å². The van der Waals surface area contributed by atoms with E-state index >= 15 is 0 Å². The summed E-state index contributed by atoms with van der Waals surface area (Å²) in [6.07, 6.45) is 7.34. The van der Waals surface area contributed by atoms with E-state index in [1.807, 2.05) is 0 Å². The highest BCUT2D eigenvalue weighted by Gasteiger charge is 1.93. The van der Waals surface area contributed by atoms with Crippen LogP contribution in [0.1, 0.15) is 44.9 Å². The van der Waals surface area contributed by atoms with Crippen molar-refractivity contribution in [1.82, 2.24) is 0 Å². The molecule has 104 valence electrons. The van der Waals surface area contributed by atoms with Gasteiger partial charge in [-0.3, -0.25) is 0 Å². The van der Waals surface area contributed by atoms with Gasteiger partial charge in [-0.2, -0.15) is 0 Å². The molecule has 0 aromatic heterocycles. The van der Waals surface area contributed by atoms with Crippen LogP contribution in [0.3, 0.4) is 0 Å². The summed E-state index contributed by atoms with van der Waals surface area (Å²) in [5, 5.41) is 17.1. The molecular weight excluding hydrogens is 220 g/mol. The van der Waals surface area contributed by atoms with Gasteiger partial charge in [0.05, 0.1) is 0 Å². The Morgan fingerprint density at radius 1 is 0.471 bits per heavy atom. The van der Waals surface area contributed by atoms with E-state index in [4.69, 9.17) is 19.7 Å². The first-order valence-corrected chi connectivity index (χ1v) is 6.79. The lowest BCUT2D eigenvalue weighted by molar-refractivity contribution is 0.109. The lowest BCUT2D eigenvalue weighted by Gasteiger charge is -2.04. The first-order valence-electron chi connectivity index (χ1n) is 6.79. The van der Waals surface area contributed by atoms with Gasteiger partial charge in [-0.05, 0) is 25.7 Å². The average Bonchev–Trinajstić information content (AvgIpc) is 2.35. The molecule has 4 heteroatoms. The summed E-state index contributed by atoms with van der Waals surface area (Å²) >= 11 is 0. The van der Waals surface area contributed by atoms with E-state index in [1.165, 1.54) is 19.3 Å². The Morgan fingerprint density at radius 3 is 1.24 bits per heavy atom. The number of hydrogen-bond donors (Lipinski definition) is 2. The van der Waals surface area contributed by atoms with Gasteiger partial charge in [0.2, 0.25) is 0 Å². The maximum atomic E-state index is 8.54. The van der Waals surface area contributed by atoms with Gasteiger partial charge in [0, 0.05) is 39.6 Å². The predicted molar refractivity (Wildman–Crippen MR) is 68.1 cm³/mol. The van der Waals surface area contributed by atoms with Crippen molar-refractivity contribution in [2.75, 3.05) is 39.6 Å². The molecule has 0 aromatic rings. The maximum Gasteiger partial charge on any atom is 0.0487 e. The van der Waals surface area contributed by atoms with Crippen LogP contribution in [0.25, 0.3) is 0 Å². The molecule has 0 aliphatic heterocycles. The van der Waals surface area contributed by atoms with Crippen LogP contribution < -0.4 is 0 Å². The SMILES string of the molecule is OCCCOCCCCCCCOCCCO. The van der Waals surface area contributed by atoms with Gasteiger partial charge < -0.3 is 19.7 Å². The molecule has 0 amide bonds. The highest BCUT2D eigenvalue weighted by atomic mass is 16.5. The van der Waals surface area contributed by atoms with Gasteiger partial charge in [0.15, 0.2) is 0 Å². The molecule has 0 aliphatic rings. The standard InChI is InChI=1S/C13H28O4/c14-8-6-12-16-10-4-2-1-3-5-11-17-13-7-9-15/h14-15H,1-13H2. The predicted octanol–water partition coefficient (Wildman–Crippen LogP) is 1.73. The molecule has 0 radical (unpaired) electrons. The van der Waals surface area contributed by atoms with Gasteiger partial charge >= 0.3 is 0 Å². The Hall–Kier alpha value is -0.160. The molecule has 0 rings (SSSR count). The van der Waals surface area contributed by atoms with Crippen molar-refractivity contribution in [3.63, 3.8) is 0 Å². The van der Waals surface area contributed by atoms with Crippen molar-refractivity contribution in [1.29, 1.82) is 0 Å². The fraction of sp³-hybridized carbons (Fsp3) is 1.00. The van der Waals surface area contributed by atoms with Gasteiger partial charge in [-0.25, -0.2) is 0 Å². The van der Waals surface area contributed by atoms with Crippen LogP contribution in [-0.4, -0.2) is 49.9 Å². The Labute approximate surface area is 105 Å². The third-order valence-corrected chi connectivity index (χ3v) is 2.47. The molecule has 0 aliphatic carbocycles. The highest BCUT2D eigenvalue weighted by Crippen LogP contribution is 2.03. The summed E-state index contributed by atoms with van der Waals surface area (Å²) in [6.45, 7) is 3.41. The summed E-state index contributed by atoms with van der Waals surface area (Å²) in [5.41, 5.74) is 0. The average molecular weight is 248 g/mol. The molecule has 0 bridgehead atoms. The molecule has 0 saturated carbocycles. The maximum absolute atomic E-state index is 8.54. The summed E-state index contributed by atoms with van der Waals surface area (Å²) in [6, 6.07) is 0. The zero-order chi connectivity index (χ0) is 12.6. The monoisotopic (exact) mass is 248 g/mol. The molecule has 0 aromatic carbocycles. The number of unbranched alkanes of at least 4 members (excludes halogenated alkanes) is 4. The molecule has 0 atom stereocenters. The van der Waals surface area contributed by atoms with Crippen LogP contribution in [0.4, 0.5) is 0 Å². The minimum atomic E-state index is 0.219. The molecule has 0 fully saturated rings. The van der Waals surface area contributed by atoms with Crippen LogP contribution in [-0.2, 0) is 9.47 Å². The lowest BCUT2D eigenvalue weighted by atomic mass is 10.1. The molecule has 0 heterocycles. The third-order valence-electron chi connectivity index (χ3n) is 2.47. The largest absolute Gasteiger partial charge is 0.396 e. The second-order valence-corrected chi connectivity index (χ2v) is 4.15. The van der Waals surface area contributed by atoms with Crippen molar-refractivity contribution in [3.8, 4) is 0 Å². The number of aliphatic hydroxyl groups excluding tert-OH is 2. The van der Waals surface area contributed by atoms with Crippen molar-refractivity contribution >= 4 is 0 Å². The Bertz CT molecular complexity index is 117. The highest BCUT2D eigenvalue weighted by molar-refractivity contribution is 4.44. The van der Waals surface area contributed by atoms with Crippen LogP contribution in [0.15, 0.2) is 0 Å². The summed E-state index contributed by atoms with van der Waals surface area (Å²) in [5.74, 6) is 0. The van der Waals surface area contributed by atoms with Crippen LogP contribution in [0.5, 0.6) is 0 Å². The first-order chi connectivity index (χ1) is 8.41. The van der Waals surface area contributed by atoms with Crippen molar-refractivity contribution < 1.29 is 19.7 Å². The summed E-state index contributed by atoms with van der Waals surface area (Å²) < 4.78 is 10.7. The normalized spacial score (nSPS) is 10.9. The van der Waals surface area contributed by atoms with Gasteiger partial charge in [-0.1, -0.05) is 19.3 Å². The number of rotatable bonds is 14. The molecule has 0 unspecified atom stereocenters. The van der Waals surface area contributed by atoms with Crippen molar-refractivity contribution in [2.45, 2.75) is 44.9 Å². The van der Waals surface area contributed by atoms with Crippen molar-refractivity contribution in [3.05, 3.63) is 0 Å². The first kappa shape index (κ1) is 16.8. The molecule has 0 spiro atoms. The van der Waals surface area contributed by atoms with E-state index in [-0.39, 0.29) is 13.2 Å². The second kappa shape index (κ2) is 15.8. The summed E-state index contributed by atoms with van der Waals surface area (Å²) in [7, 11) is 0. The number of ether oxygens (including phenoxy) is 2. The Morgan fingerprint density at radius 2 is 0.824 bits per heavy atom. The second-order valence-electron chi connectivity index (χ2n) is 4.15. The van der Waals surface area contributed by atoms with E-state index in [2.05, 4.69) is 0 Å². The number of hydrogen-bond acceptors (Lipinski definition) is 4. The van der Waals surface area contributed by atoms with Gasteiger partial charge in [0.1, 0.15) is 0 Å². The minimum Gasteiger partial charge on any atom is -0.396 e. The van der Waals surface area contributed by atoms with E-state index < -0.39 is 0 Å². The quantitative estimate of drug-likeness (QED) is 0.460. The Kier molecular flexibility index (Phi) is 15.7. The zero-order valence-electron chi connectivity index (χ0n) is 10.9. The minimum absolute atomic E-state index is 0.219. The van der Waals surface area contributed by atoms with Crippen LogP contribution in [0.2, 0.25) is 0 Å². The lowest BCUT2D eigenvalue weighted by Crippen LogP contribution is -2.00. The van der Waals surface area contributed by atoms with Crippen LogP contribution in [0, 0.1) is 0 Å². The molecule has 0 saturated heterocycles. The zero-order valence-corrected chi connectivity index (χ0v) is 10.9.